The molecule has 2 aromatic carbocycles. The molecule has 1 saturated heterocycles. The fourth-order valence-corrected chi connectivity index (χ4v) is 4.34. The van der Waals surface area contributed by atoms with E-state index in [2.05, 4.69) is 47.2 Å². The standard InChI is InChI=1S/C26H30F2N4/c1-18-16-29-11-12-32(18)17-21-6-4-7-24(19(21)2)25-9-10-30-26(31-25)8-3-5-20-13-22(27)15-23(28)14-20/h4,6-7,9-10,13-15,18,29H,3,5,8,11-12,16-17H2,1-2H3/t18-/m0/s1. The minimum absolute atomic E-state index is 0.518. The summed E-state index contributed by atoms with van der Waals surface area (Å²) >= 11 is 0. The first-order valence-corrected chi connectivity index (χ1v) is 11.3. The van der Waals surface area contributed by atoms with Gasteiger partial charge in [-0.15, -0.1) is 0 Å². The third kappa shape index (κ3) is 5.56. The number of aromatic nitrogens is 2. The molecule has 1 N–H and O–H groups in total. The van der Waals surface area contributed by atoms with E-state index in [0.29, 0.717) is 24.4 Å². The summed E-state index contributed by atoms with van der Waals surface area (Å²) in [7, 11) is 0. The maximum absolute atomic E-state index is 13.4. The van der Waals surface area contributed by atoms with Gasteiger partial charge in [-0.3, -0.25) is 4.90 Å². The van der Waals surface area contributed by atoms with E-state index in [-0.39, 0.29) is 0 Å². The molecule has 168 valence electrons. The molecule has 1 aliphatic rings. The molecule has 0 spiro atoms. The van der Waals surface area contributed by atoms with Crippen LogP contribution < -0.4 is 5.32 Å². The number of nitrogens with zero attached hydrogens (tertiary/aromatic N) is 3. The van der Waals surface area contributed by atoms with Gasteiger partial charge in [0.05, 0.1) is 5.69 Å². The molecule has 0 unspecified atom stereocenters. The van der Waals surface area contributed by atoms with Crippen LogP contribution in [0.5, 0.6) is 0 Å². The molecule has 1 aliphatic heterocycles. The summed E-state index contributed by atoms with van der Waals surface area (Å²) in [6, 6.07) is 12.5. The summed E-state index contributed by atoms with van der Waals surface area (Å²) in [5, 5.41) is 3.45. The maximum atomic E-state index is 13.4. The lowest BCUT2D eigenvalue weighted by molar-refractivity contribution is 0.165. The van der Waals surface area contributed by atoms with Crippen molar-refractivity contribution in [2.75, 3.05) is 19.6 Å². The van der Waals surface area contributed by atoms with Gasteiger partial charge in [0.2, 0.25) is 0 Å². The Balaban J connectivity index is 1.45. The third-order valence-corrected chi connectivity index (χ3v) is 6.23. The number of rotatable bonds is 7. The Kier molecular flexibility index (Phi) is 7.22. The van der Waals surface area contributed by atoms with E-state index in [9.17, 15) is 8.78 Å². The molecule has 1 fully saturated rings. The number of halogens is 2. The number of aryl methyl sites for hydroxylation is 2. The number of benzene rings is 2. The van der Waals surface area contributed by atoms with Crippen molar-refractivity contribution in [2.24, 2.45) is 0 Å². The number of piperazine rings is 1. The average Bonchev–Trinajstić information content (AvgIpc) is 2.76. The van der Waals surface area contributed by atoms with Gasteiger partial charge in [-0.2, -0.15) is 0 Å². The Bertz CT molecular complexity index is 1050. The Labute approximate surface area is 188 Å². The maximum Gasteiger partial charge on any atom is 0.128 e. The molecule has 4 nitrogen and oxygen atoms in total. The summed E-state index contributed by atoms with van der Waals surface area (Å²) in [5.41, 5.74) is 5.27. The van der Waals surface area contributed by atoms with Crippen LogP contribution in [-0.2, 0) is 19.4 Å². The minimum atomic E-state index is -0.538. The predicted molar refractivity (Wildman–Crippen MR) is 123 cm³/mol. The average molecular weight is 437 g/mol. The van der Waals surface area contributed by atoms with E-state index in [0.717, 1.165) is 55.7 Å². The Morgan fingerprint density at radius 2 is 1.91 bits per heavy atom. The summed E-state index contributed by atoms with van der Waals surface area (Å²) in [6.07, 6.45) is 3.76. The Hall–Kier alpha value is -2.70. The molecular weight excluding hydrogens is 406 g/mol. The molecule has 1 atom stereocenters. The predicted octanol–water partition coefficient (Wildman–Crippen LogP) is 4.70. The molecule has 0 saturated carbocycles. The zero-order valence-electron chi connectivity index (χ0n) is 18.7. The van der Waals surface area contributed by atoms with E-state index < -0.39 is 11.6 Å². The van der Waals surface area contributed by atoms with Crippen molar-refractivity contribution >= 4 is 0 Å². The van der Waals surface area contributed by atoms with Gasteiger partial charge in [0, 0.05) is 56.5 Å². The summed E-state index contributed by atoms with van der Waals surface area (Å²) < 4.78 is 26.8. The van der Waals surface area contributed by atoms with Gasteiger partial charge in [0.15, 0.2) is 0 Å². The van der Waals surface area contributed by atoms with Crippen molar-refractivity contribution in [3.8, 4) is 11.3 Å². The molecule has 0 amide bonds. The first-order valence-electron chi connectivity index (χ1n) is 11.3. The van der Waals surface area contributed by atoms with Crippen molar-refractivity contribution in [3.63, 3.8) is 0 Å². The highest BCUT2D eigenvalue weighted by molar-refractivity contribution is 5.64. The van der Waals surface area contributed by atoms with Gasteiger partial charge < -0.3 is 5.32 Å². The Morgan fingerprint density at radius 1 is 1.09 bits per heavy atom. The molecular formula is C26H30F2N4. The lowest BCUT2D eigenvalue weighted by Crippen LogP contribution is -2.49. The van der Waals surface area contributed by atoms with Crippen LogP contribution in [-0.4, -0.2) is 40.5 Å². The third-order valence-electron chi connectivity index (χ3n) is 6.23. The lowest BCUT2D eigenvalue weighted by Gasteiger charge is -2.34. The lowest BCUT2D eigenvalue weighted by atomic mass is 9.98. The van der Waals surface area contributed by atoms with Gasteiger partial charge in [-0.05, 0) is 61.6 Å². The molecule has 0 radical (unpaired) electrons. The van der Waals surface area contributed by atoms with Crippen LogP contribution in [0, 0.1) is 18.6 Å². The molecule has 4 rings (SSSR count). The fraction of sp³-hybridized carbons (Fsp3) is 0.385. The largest absolute Gasteiger partial charge is 0.314 e. The van der Waals surface area contributed by atoms with Crippen molar-refractivity contribution < 1.29 is 8.78 Å². The van der Waals surface area contributed by atoms with Crippen LogP contribution in [0.4, 0.5) is 8.78 Å². The molecule has 0 bridgehead atoms. The second-order valence-electron chi connectivity index (χ2n) is 8.60. The second kappa shape index (κ2) is 10.3. The van der Waals surface area contributed by atoms with Crippen LogP contribution in [0.1, 0.15) is 35.9 Å². The van der Waals surface area contributed by atoms with Gasteiger partial charge in [0.25, 0.3) is 0 Å². The topological polar surface area (TPSA) is 41.0 Å². The first kappa shape index (κ1) is 22.5. The fourth-order valence-electron chi connectivity index (χ4n) is 4.34. The van der Waals surface area contributed by atoms with Crippen molar-refractivity contribution in [2.45, 2.75) is 45.7 Å². The van der Waals surface area contributed by atoms with Crippen molar-refractivity contribution in [3.05, 3.63) is 82.8 Å². The van der Waals surface area contributed by atoms with Crippen molar-refractivity contribution in [1.29, 1.82) is 0 Å². The molecule has 2 heterocycles. The molecule has 3 aromatic rings. The highest BCUT2D eigenvalue weighted by Crippen LogP contribution is 2.26. The van der Waals surface area contributed by atoms with E-state index in [1.54, 1.807) is 6.20 Å². The molecule has 6 heteroatoms. The summed E-state index contributed by atoms with van der Waals surface area (Å²) in [5.74, 6) is -0.326. The van der Waals surface area contributed by atoms with E-state index >= 15 is 0 Å². The van der Waals surface area contributed by atoms with Crippen LogP contribution in [0.3, 0.4) is 0 Å². The highest BCUT2D eigenvalue weighted by Gasteiger charge is 2.19. The van der Waals surface area contributed by atoms with Crippen molar-refractivity contribution in [1.82, 2.24) is 20.2 Å². The van der Waals surface area contributed by atoms with Gasteiger partial charge in [0.1, 0.15) is 17.5 Å². The summed E-state index contributed by atoms with van der Waals surface area (Å²) in [6.45, 7) is 8.47. The Morgan fingerprint density at radius 3 is 2.69 bits per heavy atom. The van der Waals surface area contributed by atoms with Gasteiger partial charge in [-0.25, -0.2) is 18.7 Å². The summed E-state index contributed by atoms with van der Waals surface area (Å²) in [4.78, 5) is 11.7. The minimum Gasteiger partial charge on any atom is -0.314 e. The SMILES string of the molecule is Cc1c(CN2CCNC[C@@H]2C)cccc1-c1ccnc(CCCc2cc(F)cc(F)c2)n1. The monoisotopic (exact) mass is 436 g/mol. The normalized spacial score (nSPS) is 16.9. The smallest absolute Gasteiger partial charge is 0.128 e. The highest BCUT2D eigenvalue weighted by atomic mass is 19.1. The number of hydrogen-bond donors (Lipinski definition) is 1. The number of nitrogens with one attached hydrogen (secondary N) is 1. The molecule has 32 heavy (non-hydrogen) atoms. The van der Waals surface area contributed by atoms with Crippen LogP contribution in [0.25, 0.3) is 11.3 Å². The van der Waals surface area contributed by atoms with Gasteiger partial charge >= 0.3 is 0 Å². The molecule has 1 aromatic heterocycles. The quantitative estimate of drug-likeness (QED) is 0.583. The van der Waals surface area contributed by atoms with Crippen LogP contribution in [0.15, 0.2) is 48.7 Å². The van der Waals surface area contributed by atoms with Crippen LogP contribution >= 0.6 is 0 Å². The molecule has 0 aliphatic carbocycles. The zero-order chi connectivity index (χ0) is 22.5. The van der Waals surface area contributed by atoms with E-state index in [4.69, 9.17) is 4.98 Å². The number of hydrogen-bond acceptors (Lipinski definition) is 4. The van der Waals surface area contributed by atoms with Crippen LogP contribution in [0.2, 0.25) is 0 Å². The van der Waals surface area contributed by atoms with Gasteiger partial charge in [-0.1, -0.05) is 18.2 Å². The zero-order valence-corrected chi connectivity index (χ0v) is 18.7. The second-order valence-corrected chi connectivity index (χ2v) is 8.60. The van der Waals surface area contributed by atoms with E-state index in [1.165, 1.54) is 23.3 Å². The first-order chi connectivity index (χ1) is 15.5. The van der Waals surface area contributed by atoms with E-state index in [1.807, 2.05) is 6.07 Å².